The summed E-state index contributed by atoms with van der Waals surface area (Å²) in [6.45, 7) is 5.89. The second kappa shape index (κ2) is 7.64. The van der Waals surface area contributed by atoms with Gasteiger partial charge in [-0.3, -0.25) is 4.90 Å². The quantitative estimate of drug-likeness (QED) is 0.719. The molecule has 0 amide bonds. The summed E-state index contributed by atoms with van der Waals surface area (Å²) in [5.74, 6) is 1.01. The molecule has 1 atom stereocenters. The number of likely N-dealkylation sites (N-methyl/N-ethyl adjacent to an activating group) is 1. The van der Waals surface area contributed by atoms with Crippen molar-refractivity contribution in [3.05, 3.63) is 0 Å². The molecule has 2 aliphatic rings. The molecule has 0 saturated heterocycles. The molecule has 2 nitrogen and oxygen atoms in total. The molecular formula is C17H34N2. The lowest BCUT2D eigenvalue weighted by atomic mass is 9.83. The highest BCUT2D eigenvalue weighted by atomic mass is 15.2. The number of nitrogens with one attached hydrogen (secondary N) is 1. The fourth-order valence-electron chi connectivity index (χ4n) is 3.63. The van der Waals surface area contributed by atoms with E-state index in [1.807, 2.05) is 0 Å². The van der Waals surface area contributed by atoms with E-state index in [0.29, 0.717) is 0 Å². The van der Waals surface area contributed by atoms with Gasteiger partial charge in [-0.1, -0.05) is 26.7 Å². The topological polar surface area (TPSA) is 15.3 Å². The van der Waals surface area contributed by atoms with Crippen LogP contribution < -0.4 is 5.32 Å². The predicted molar refractivity (Wildman–Crippen MR) is 83.5 cm³/mol. The minimum atomic E-state index is 0.758. The van der Waals surface area contributed by atoms with Crippen LogP contribution in [0.1, 0.15) is 71.6 Å². The highest BCUT2D eigenvalue weighted by Crippen LogP contribution is 2.30. The molecule has 0 aromatic rings. The van der Waals surface area contributed by atoms with Crippen molar-refractivity contribution < 1.29 is 0 Å². The molecule has 1 unspecified atom stereocenters. The van der Waals surface area contributed by atoms with Crippen molar-refractivity contribution in [2.24, 2.45) is 5.92 Å². The van der Waals surface area contributed by atoms with Crippen LogP contribution in [0.2, 0.25) is 0 Å². The molecule has 0 bridgehead atoms. The van der Waals surface area contributed by atoms with Crippen LogP contribution in [0.3, 0.4) is 0 Å². The van der Waals surface area contributed by atoms with Crippen molar-refractivity contribution in [1.82, 2.24) is 10.2 Å². The average molecular weight is 266 g/mol. The molecule has 0 aromatic heterocycles. The van der Waals surface area contributed by atoms with Crippen LogP contribution in [0.15, 0.2) is 0 Å². The molecule has 2 rings (SSSR count). The first-order chi connectivity index (χ1) is 9.24. The Kier molecular flexibility index (Phi) is 6.15. The van der Waals surface area contributed by atoms with Gasteiger partial charge in [-0.2, -0.15) is 0 Å². The number of nitrogens with zero attached hydrogens (tertiary/aromatic N) is 1. The lowest BCUT2D eigenvalue weighted by molar-refractivity contribution is 0.112. The van der Waals surface area contributed by atoms with Gasteiger partial charge in [0.2, 0.25) is 0 Å². The van der Waals surface area contributed by atoms with Gasteiger partial charge < -0.3 is 5.32 Å². The van der Waals surface area contributed by atoms with E-state index in [2.05, 4.69) is 31.1 Å². The Morgan fingerprint density at radius 2 is 1.74 bits per heavy atom. The van der Waals surface area contributed by atoms with Gasteiger partial charge in [0.05, 0.1) is 0 Å². The van der Waals surface area contributed by atoms with Crippen molar-refractivity contribution in [2.45, 2.75) is 89.8 Å². The van der Waals surface area contributed by atoms with Crippen molar-refractivity contribution in [3.8, 4) is 0 Å². The van der Waals surface area contributed by atoms with Crippen molar-refractivity contribution in [3.63, 3.8) is 0 Å². The summed E-state index contributed by atoms with van der Waals surface area (Å²) in [7, 11) is 2.38. The lowest BCUT2D eigenvalue weighted by Crippen LogP contribution is -2.47. The van der Waals surface area contributed by atoms with E-state index in [-0.39, 0.29) is 0 Å². The molecule has 2 fully saturated rings. The van der Waals surface area contributed by atoms with Gasteiger partial charge in [-0.15, -0.1) is 0 Å². The van der Waals surface area contributed by atoms with Gasteiger partial charge in [0.25, 0.3) is 0 Å². The molecule has 0 spiro atoms. The van der Waals surface area contributed by atoms with Crippen LogP contribution in [-0.2, 0) is 0 Å². The van der Waals surface area contributed by atoms with E-state index in [1.54, 1.807) is 0 Å². The van der Waals surface area contributed by atoms with Crippen LogP contribution in [0.25, 0.3) is 0 Å². The van der Waals surface area contributed by atoms with E-state index >= 15 is 0 Å². The Labute approximate surface area is 120 Å². The lowest BCUT2D eigenvalue weighted by Gasteiger charge is -2.39. The molecule has 0 aliphatic heterocycles. The molecule has 0 radical (unpaired) electrons. The first kappa shape index (κ1) is 15.3. The molecule has 2 aliphatic carbocycles. The first-order valence-corrected chi connectivity index (χ1v) is 8.69. The largest absolute Gasteiger partial charge is 0.312 e. The van der Waals surface area contributed by atoms with E-state index in [9.17, 15) is 0 Å². The molecule has 0 aromatic carbocycles. The van der Waals surface area contributed by atoms with Crippen LogP contribution in [0.4, 0.5) is 0 Å². The summed E-state index contributed by atoms with van der Waals surface area (Å²) >= 11 is 0. The van der Waals surface area contributed by atoms with E-state index < -0.39 is 0 Å². The maximum atomic E-state index is 3.74. The summed E-state index contributed by atoms with van der Waals surface area (Å²) in [6, 6.07) is 2.46. The maximum Gasteiger partial charge on any atom is 0.0220 e. The van der Waals surface area contributed by atoms with Gasteiger partial charge in [0, 0.05) is 24.7 Å². The second-order valence-electron chi connectivity index (χ2n) is 6.87. The SMILES string of the molecule is CCCC(CNC1CC1)N(C)C1CCC(CC)CC1. The third kappa shape index (κ3) is 4.75. The maximum absolute atomic E-state index is 3.74. The number of hydrogen-bond donors (Lipinski definition) is 1. The fourth-order valence-corrected chi connectivity index (χ4v) is 3.63. The van der Waals surface area contributed by atoms with Gasteiger partial charge in [0.15, 0.2) is 0 Å². The first-order valence-electron chi connectivity index (χ1n) is 8.69. The van der Waals surface area contributed by atoms with Crippen LogP contribution in [0.5, 0.6) is 0 Å². The van der Waals surface area contributed by atoms with Crippen molar-refractivity contribution >= 4 is 0 Å². The minimum Gasteiger partial charge on any atom is -0.312 e. The Hall–Kier alpha value is -0.0800. The smallest absolute Gasteiger partial charge is 0.0220 e. The number of rotatable bonds is 8. The van der Waals surface area contributed by atoms with Crippen LogP contribution in [-0.4, -0.2) is 36.6 Å². The summed E-state index contributed by atoms with van der Waals surface area (Å²) < 4.78 is 0. The van der Waals surface area contributed by atoms with E-state index in [1.165, 1.54) is 64.3 Å². The number of hydrogen-bond acceptors (Lipinski definition) is 2. The molecule has 112 valence electrons. The van der Waals surface area contributed by atoms with E-state index in [4.69, 9.17) is 0 Å². The van der Waals surface area contributed by atoms with Crippen LogP contribution >= 0.6 is 0 Å². The Bertz CT molecular complexity index is 242. The van der Waals surface area contributed by atoms with E-state index in [0.717, 1.165) is 24.0 Å². The van der Waals surface area contributed by atoms with Gasteiger partial charge in [-0.25, -0.2) is 0 Å². The summed E-state index contributed by atoms with van der Waals surface area (Å²) in [6.07, 6.45) is 12.6. The van der Waals surface area contributed by atoms with Crippen LogP contribution in [0, 0.1) is 5.92 Å². The summed E-state index contributed by atoms with van der Waals surface area (Å²) in [5, 5.41) is 3.74. The zero-order valence-electron chi connectivity index (χ0n) is 13.3. The third-order valence-corrected chi connectivity index (χ3v) is 5.39. The average Bonchev–Trinajstić information content (AvgIpc) is 3.27. The molecule has 1 N–H and O–H groups in total. The standard InChI is InChI=1S/C17H34N2/c1-4-6-17(13-18-15-9-10-15)19(3)16-11-7-14(5-2)8-12-16/h14-18H,4-13H2,1-3H3. The zero-order valence-corrected chi connectivity index (χ0v) is 13.3. The van der Waals surface area contributed by atoms with Crippen molar-refractivity contribution in [1.29, 1.82) is 0 Å². The van der Waals surface area contributed by atoms with Gasteiger partial charge in [0.1, 0.15) is 0 Å². The molecule has 0 heterocycles. The van der Waals surface area contributed by atoms with Gasteiger partial charge >= 0.3 is 0 Å². The Morgan fingerprint density at radius 3 is 2.26 bits per heavy atom. The third-order valence-electron chi connectivity index (χ3n) is 5.39. The second-order valence-corrected chi connectivity index (χ2v) is 6.87. The monoisotopic (exact) mass is 266 g/mol. The van der Waals surface area contributed by atoms with Gasteiger partial charge in [-0.05, 0) is 57.9 Å². The molecule has 2 heteroatoms. The van der Waals surface area contributed by atoms with Crippen molar-refractivity contribution in [2.75, 3.05) is 13.6 Å². The predicted octanol–water partition coefficient (Wildman–Crippen LogP) is 3.81. The normalized spacial score (nSPS) is 29.7. The highest BCUT2D eigenvalue weighted by Gasteiger charge is 2.28. The minimum absolute atomic E-state index is 0.758. The fraction of sp³-hybridized carbons (Fsp3) is 1.00. The summed E-state index contributed by atoms with van der Waals surface area (Å²) in [5.41, 5.74) is 0. The zero-order chi connectivity index (χ0) is 13.7. The molecular weight excluding hydrogens is 232 g/mol. The summed E-state index contributed by atoms with van der Waals surface area (Å²) in [4.78, 5) is 2.71. The highest BCUT2D eigenvalue weighted by molar-refractivity contribution is 4.86. The Morgan fingerprint density at radius 1 is 1.05 bits per heavy atom. The Balaban J connectivity index is 1.77. The molecule has 2 saturated carbocycles. The molecule has 19 heavy (non-hydrogen) atoms.